The number of ether oxygens (including phenoxy) is 2. The van der Waals surface area contributed by atoms with Gasteiger partial charge in [0.05, 0.1) is 19.1 Å². The van der Waals surface area contributed by atoms with Crippen LogP contribution in [0.5, 0.6) is 5.75 Å². The van der Waals surface area contributed by atoms with Crippen molar-refractivity contribution < 1.29 is 19.1 Å². The number of anilines is 1. The first-order valence-electron chi connectivity index (χ1n) is 7.54. The molecule has 0 aliphatic rings. The standard InChI is InChI=1S/C17H25NO4/c1-5-11-17(3,12-19)15(16(20)22-6-2)18-13-7-9-14(21-4)10-8-13/h7-10,12,15,18H,5-6,11H2,1-4H3/t15-,17-/m1/s1. The van der Waals surface area contributed by atoms with Crippen LogP contribution >= 0.6 is 0 Å². The zero-order valence-corrected chi connectivity index (χ0v) is 13.7. The number of aldehydes is 1. The van der Waals surface area contributed by atoms with Crippen LogP contribution in [0.2, 0.25) is 0 Å². The van der Waals surface area contributed by atoms with Gasteiger partial charge in [0.2, 0.25) is 0 Å². The van der Waals surface area contributed by atoms with Crippen LogP contribution in [-0.4, -0.2) is 32.0 Å². The molecule has 0 aliphatic carbocycles. The van der Waals surface area contributed by atoms with Crippen molar-refractivity contribution in [3.63, 3.8) is 0 Å². The third-order valence-electron chi connectivity index (χ3n) is 3.64. The largest absolute Gasteiger partial charge is 0.497 e. The Morgan fingerprint density at radius 3 is 2.41 bits per heavy atom. The molecule has 0 saturated carbocycles. The van der Waals surface area contributed by atoms with Crippen molar-refractivity contribution in [2.45, 2.75) is 39.7 Å². The topological polar surface area (TPSA) is 64.6 Å². The average molecular weight is 307 g/mol. The minimum atomic E-state index is -0.819. The first kappa shape index (κ1) is 18.0. The molecular formula is C17H25NO4. The molecule has 122 valence electrons. The zero-order valence-electron chi connectivity index (χ0n) is 13.7. The Kier molecular flexibility index (Phi) is 6.89. The fourth-order valence-electron chi connectivity index (χ4n) is 2.38. The number of carbonyl (C=O) groups is 2. The van der Waals surface area contributed by atoms with Crippen LogP contribution in [0.1, 0.15) is 33.6 Å². The molecule has 2 atom stereocenters. The Morgan fingerprint density at radius 2 is 1.95 bits per heavy atom. The normalized spacial score (nSPS) is 14.5. The van der Waals surface area contributed by atoms with Gasteiger partial charge in [-0.3, -0.25) is 0 Å². The lowest BCUT2D eigenvalue weighted by Gasteiger charge is -2.32. The highest BCUT2D eigenvalue weighted by Crippen LogP contribution is 2.29. The predicted molar refractivity (Wildman–Crippen MR) is 86.1 cm³/mol. The van der Waals surface area contributed by atoms with Gasteiger partial charge in [-0.1, -0.05) is 20.3 Å². The molecule has 0 unspecified atom stereocenters. The van der Waals surface area contributed by atoms with E-state index in [9.17, 15) is 9.59 Å². The van der Waals surface area contributed by atoms with Gasteiger partial charge in [-0.05, 0) is 37.6 Å². The minimum absolute atomic E-state index is 0.278. The summed E-state index contributed by atoms with van der Waals surface area (Å²) in [7, 11) is 1.59. The molecule has 1 rings (SSSR count). The average Bonchev–Trinajstić information content (AvgIpc) is 2.53. The van der Waals surface area contributed by atoms with E-state index in [0.29, 0.717) is 6.42 Å². The molecule has 0 saturated heterocycles. The number of esters is 1. The molecular weight excluding hydrogens is 282 g/mol. The van der Waals surface area contributed by atoms with E-state index >= 15 is 0 Å². The van der Waals surface area contributed by atoms with Gasteiger partial charge in [0.15, 0.2) is 0 Å². The fourth-order valence-corrected chi connectivity index (χ4v) is 2.38. The molecule has 0 heterocycles. The number of rotatable bonds is 9. The van der Waals surface area contributed by atoms with Gasteiger partial charge < -0.3 is 19.6 Å². The summed E-state index contributed by atoms with van der Waals surface area (Å²) < 4.78 is 10.2. The third kappa shape index (κ3) is 4.48. The maximum Gasteiger partial charge on any atom is 0.329 e. The summed E-state index contributed by atoms with van der Waals surface area (Å²) in [6.45, 7) is 5.79. The Hall–Kier alpha value is -2.04. The summed E-state index contributed by atoms with van der Waals surface area (Å²) in [6.07, 6.45) is 2.24. The highest BCUT2D eigenvalue weighted by atomic mass is 16.5. The lowest BCUT2D eigenvalue weighted by molar-refractivity contribution is -0.148. The van der Waals surface area contributed by atoms with Crippen LogP contribution in [0, 0.1) is 5.41 Å². The number of methoxy groups -OCH3 is 1. The summed E-state index contributed by atoms with van der Waals surface area (Å²) in [5, 5.41) is 3.13. The molecule has 1 aromatic rings. The van der Waals surface area contributed by atoms with E-state index in [1.165, 1.54) is 0 Å². The van der Waals surface area contributed by atoms with Gasteiger partial charge in [0.25, 0.3) is 0 Å². The Bertz CT molecular complexity index is 486. The molecule has 5 nitrogen and oxygen atoms in total. The van der Waals surface area contributed by atoms with Crippen molar-refractivity contribution in [3.8, 4) is 5.75 Å². The second-order valence-corrected chi connectivity index (χ2v) is 5.43. The van der Waals surface area contributed by atoms with Crippen LogP contribution in [0.4, 0.5) is 5.69 Å². The lowest BCUT2D eigenvalue weighted by atomic mass is 9.79. The van der Waals surface area contributed by atoms with Crippen molar-refractivity contribution in [1.82, 2.24) is 0 Å². The number of hydrogen-bond donors (Lipinski definition) is 1. The Morgan fingerprint density at radius 1 is 1.32 bits per heavy atom. The quantitative estimate of drug-likeness (QED) is 0.561. The number of nitrogens with one attached hydrogen (secondary N) is 1. The van der Waals surface area contributed by atoms with E-state index in [1.807, 2.05) is 19.1 Å². The van der Waals surface area contributed by atoms with Crippen molar-refractivity contribution in [2.24, 2.45) is 5.41 Å². The number of carbonyl (C=O) groups excluding carboxylic acids is 2. The predicted octanol–water partition coefficient (Wildman–Crippen LogP) is 3.04. The molecule has 0 spiro atoms. The molecule has 0 aliphatic heterocycles. The monoisotopic (exact) mass is 307 g/mol. The molecule has 0 fully saturated rings. The fraction of sp³-hybridized carbons (Fsp3) is 0.529. The molecule has 22 heavy (non-hydrogen) atoms. The Balaban J connectivity index is 3.03. The lowest BCUT2D eigenvalue weighted by Crippen LogP contribution is -2.46. The second kappa shape index (κ2) is 8.41. The highest BCUT2D eigenvalue weighted by molar-refractivity contribution is 5.85. The first-order chi connectivity index (χ1) is 10.5. The molecule has 0 amide bonds. The molecule has 5 heteroatoms. The van der Waals surface area contributed by atoms with Crippen molar-refractivity contribution >= 4 is 17.9 Å². The van der Waals surface area contributed by atoms with Gasteiger partial charge in [-0.15, -0.1) is 0 Å². The smallest absolute Gasteiger partial charge is 0.329 e. The Labute approximate surface area is 132 Å². The maximum absolute atomic E-state index is 12.3. The summed E-state index contributed by atoms with van der Waals surface area (Å²) in [6, 6.07) is 6.48. The molecule has 1 aromatic carbocycles. The van der Waals surface area contributed by atoms with Crippen molar-refractivity contribution in [3.05, 3.63) is 24.3 Å². The maximum atomic E-state index is 12.3. The SMILES string of the molecule is CCC[C@](C)(C=O)[C@H](Nc1ccc(OC)cc1)C(=O)OCC. The number of benzene rings is 1. The molecule has 0 radical (unpaired) electrons. The van der Waals surface area contributed by atoms with Crippen molar-refractivity contribution in [2.75, 3.05) is 19.0 Å². The zero-order chi connectivity index (χ0) is 16.6. The second-order valence-electron chi connectivity index (χ2n) is 5.43. The van der Waals surface area contributed by atoms with E-state index in [1.54, 1.807) is 33.1 Å². The molecule has 0 bridgehead atoms. The number of hydrogen-bond acceptors (Lipinski definition) is 5. The van der Waals surface area contributed by atoms with Gasteiger partial charge in [-0.25, -0.2) is 4.79 Å². The first-order valence-corrected chi connectivity index (χ1v) is 7.54. The third-order valence-corrected chi connectivity index (χ3v) is 3.64. The summed E-state index contributed by atoms with van der Waals surface area (Å²) in [5.74, 6) is 0.311. The van der Waals surface area contributed by atoms with E-state index in [4.69, 9.17) is 9.47 Å². The van der Waals surface area contributed by atoms with E-state index in [-0.39, 0.29) is 6.61 Å². The van der Waals surface area contributed by atoms with Crippen LogP contribution in [0.15, 0.2) is 24.3 Å². The highest BCUT2D eigenvalue weighted by Gasteiger charge is 2.39. The van der Waals surface area contributed by atoms with Crippen molar-refractivity contribution in [1.29, 1.82) is 0 Å². The van der Waals surface area contributed by atoms with Crippen LogP contribution in [-0.2, 0) is 14.3 Å². The summed E-state index contributed by atoms with van der Waals surface area (Å²) >= 11 is 0. The molecule has 0 aromatic heterocycles. The van der Waals surface area contributed by atoms with Gasteiger partial charge in [-0.2, -0.15) is 0 Å². The van der Waals surface area contributed by atoms with E-state index in [0.717, 1.165) is 24.1 Å². The van der Waals surface area contributed by atoms with Crippen LogP contribution in [0.3, 0.4) is 0 Å². The van der Waals surface area contributed by atoms with E-state index in [2.05, 4.69) is 5.32 Å². The van der Waals surface area contributed by atoms with Gasteiger partial charge in [0, 0.05) is 5.69 Å². The van der Waals surface area contributed by atoms with Crippen LogP contribution < -0.4 is 10.1 Å². The summed E-state index contributed by atoms with van der Waals surface area (Å²) in [4.78, 5) is 23.9. The summed E-state index contributed by atoms with van der Waals surface area (Å²) in [5.41, 5.74) is -0.0796. The van der Waals surface area contributed by atoms with Gasteiger partial charge in [0.1, 0.15) is 18.1 Å². The van der Waals surface area contributed by atoms with Gasteiger partial charge >= 0.3 is 5.97 Å². The minimum Gasteiger partial charge on any atom is -0.497 e. The molecule has 1 N–H and O–H groups in total. The van der Waals surface area contributed by atoms with E-state index < -0.39 is 17.4 Å². The van der Waals surface area contributed by atoms with Crippen LogP contribution in [0.25, 0.3) is 0 Å².